The van der Waals surface area contributed by atoms with Gasteiger partial charge < -0.3 is 0 Å². The van der Waals surface area contributed by atoms with E-state index < -0.39 is 23.3 Å². The summed E-state index contributed by atoms with van der Waals surface area (Å²) in [5.74, 6) is -3.38. The van der Waals surface area contributed by atoms with Gasteiger partial charge in [0.25, 0.3) is 0 Å². The van der Waals surface area contributed by atoms with Crippen molar-refractivity contribution in [2.75, 3.05) is 0 Å². The molecule has 2 rings (SSSR count). The van der Waals surface area contributed by atoms with Crippen molar-refractivity contribution in [2.24, 2.45) is 10.2 Å². The maximum Gasteiger partial charge on any atom is 0.159 e. The monoisotopic (exact) mass is 378 g/mol. The zero-order chi connectivity index (χ0) is 19.6. The van der Waals surface area contributed by atoms with Crippen molar-refractivity contribution in [1.29, 1.82) is 0 Å². The van der Waals surface area contributed by atoms with Gasteiger partial charge in [0.1, 0.15) is 11.6 Å². The van der Waals surface area contributed by atoms with Gasteiger partial charge in [-0.1, -0.05) is 38.7 Å². The van der Waals surface area contributed by atoms with Crippen LogP contribution in [-0.2, 0) is 6.42 Å². The van der Waals surface area contributed by atoms with E-state index >= 15 is 0 Å². The van der Waals surface area contributed by atoms with Gasteiger partial charge in [-0.15, -0.1) is 0 Å². The largest absolute Gasteiger partial charge is 0.206 e. The lowest BCUT2D eigenvalue weighted by molar-refractivity contribution is 0.508. The molecule has 0 aliphatic heterocycles. The molecule has 0 saturated carbocycles. The molecule has 2 aromatic rings. The van der Waals surface area contributed by atoms with E-state index in [1.807, 2.05) is 0 Å². The number of aryl methyl sites for hydroxylation is 1. The van der Waals surface area contributed by atoms with E-state index in [4.69, 9.17) is 0 Å². The third-order valence-corrected chi connectivity index (χ3v) is 4.11. The third-order valence-electron chi connectivity index (χ3n) is 4.11. The molecule has 0 radical (unpaired) electrons. The molecule has 2 nitrogen and oxygen atoms in total. The first-order valence-electron chi connectivity index (χ1n) is 9.00. The van der Waals surface area contributed by atoms with Gasteiger partial charge in [0.2, 0.25) is 0 Å². The van der Waals surface area contributed by atoms with Gasteiger partial charge in [-0.05, 0) is 48.2 Å². The Morgan fingerprint density at radius 3 is 2.07 bits per heavy atom. The van der Waals surface area contributed by atoms with Crippen molar-refractivity contribution in [3.8, 4) is 0 Å². The minimum absolute atomic E-state index is 0.283. The minimum atomic E-state index is -1.01. The number of nitrogens with zero attached hydrogens (tertiary/aromatic N) is 2. The van der Waals surface area contributed by atoms with Crippen LogP contribution in [0, 0.1) is 23.3 Å². The lowest BCUT2D eigenvalue weighted by atomic mass is 10.0. The smallest absolute Gasteiger partial charge is 0.159 e. The fourth-order valence-electron chi connectivity index (χ4n) is 2.62. The Bertz CT molecular complexity index is 793. The molecule has 0 saturated heterocycles. The highest BCUT2D eigenvalue weighted by Gasteiger charge is 2.09. The summed E-state index contributed by atoms with van der Waals surface area (Å²) in [6.45, 7) is 2.13. The molecule has 0 unspecified atom stereocenters. The van der Waals surface area contributed by atoms with Gasteiger partial charge in [0.15, 0.2) is 11.6 Å². The van der Waals surface area contributed by atoms with Gasteiger partial charge in [-0.3, -0.25) is 0 Å². The minimum Gasteiger partial charge on any atom is -0.206 e. The quantitative estimate of drug-likeness (QED) is 0.215. The normalized spacial score (nSPS) is 11.7. The lowest BCUT2D eigenvalue weighted by Gasteiger charge is -2.05. The number of hydrogen-bond donors (Lipinski definition) is 0. The van der Waals surface area contributed by atoms with Crippen LogP contribution < -0.4 is 0 Å². The summed E-state index contributed by atoms with van der Waals surface area (Å²) in [6, 6.07) is 5.84. The van der Waals surface area contributed by atoms with Crippen molar-refractivity contribution in [1.82, 2.24) is 0 Å². The summed E-state index contributed by atoms with van der Waals surface area (Å²) in [6.07, 6.45) is 8.14. The molecular formula is C21H22F4N2. The fourth-order valence-corrected chi connectivity index (χ4v) is 2.62. The Hall–Kier alpha value is -2.50. The molecule has 0 atom stereocenters. The van der Waals surface area contributed by atoms with E-state index in [-0.39, 0.29) is 11.1 Å². The predicted octanol–water partition coefficient (Wildman–Crippen LogP) is 6.21. The zero-order valence-corrected chi connectivity index (χ0v) is 15.2. The summed E-state index contributed by atoms with van der Waals surface area (Å²) in [5.41, 5.74) is 0.613. The average molecular weight is 378 g/mol. The van der Waals surface area contributed by atoms with Crippen LogP contribution in [0.4, 0.5) is 17.6 Å². The lowest BCUT2D eigenvalue weighted by Crippen LogP contribution is -1.98. The summed E-state index contributed by atoms with van der Waals surface area (Å²) >= 11 is 0. The second-order valence-electron chi connectivity index (χ2n) is 6.30. The molecule has 0 fully saturated rings. The SMILES string of the molecule is CCCCCCCc1cc(F)c(/C=N/N=C/c2ccc(F)c(F)c2)c(F)c1. The van der Waals surface area contributed by atoms with Crippen LogP contribution in [0.2, 0.25) is 0 Å². The Kier molecular flexibility index (Phi) is 8.17. The van der Waals surface area contributed by atoms with Crippen LogP contribution in [0.1, 0.15) is 55.7 Å². The van der Waals surface area contributed by atoms with Crippen LogP contribution in [0.15, 0.2) is 40.5 Å². The number of unbranched alkanes of at least 4 members (excludes halogenated alkanes) is 4. The molecule has 0 N–H and O–H groups in total. The predicted molar refractivity (Wildman–Crippen MR) is 100 cm³/mol. The first kappa shape index (κ1) is 20.8. The molecule has 6 heteroatoms. The number of rotatable bonds is 9. The highest BCUT2D eigenvalue weighted by molar-refractivity contribution is 5.83. The highest BCUT2D eigenvalue weighted by Crippen LogP contribution is 2.16. The average Bonchev–Trinajstić information content (AvgIpc) is 2.63. The van der Waals surface area contributed by atoms with Gasteiger partial charge >= 0.3 is 0 Å². The van der Waals surface area contributed by atoms with E-state index in [0.29, 0.717) is 12.0 Å². The second-order valence-corrected chi connectivity index (χ2v) is 6.30. The van der Waals surface area contributed by atoms with Crippen molar-refractivity contribution in [2.45, 2.75) is 45.4 Å². The van der Waals surface area contributed by atoms with Crippen molar-refractivity contribution in [3.05, 3.63) is 70.3 Å². The van der Waals surface area contributed by atoms with Crippen LogP contribution >= 0.6 is 0 Å². The summed E-state index contributed by atoms with van der Waals surface area (Å²) in [5, 5.41) is 7.20. The molecule has 0 amide bonds. The topological polar surface area (TPSA) is 24.7 Å². The van der Waals surface area contributed by atoms with Crippen LogP contribution in [0.25, 0.3) is 0 Å². The Morgan fingerprint density at radius 2 is 1.41 bits per heavy atom. The first-order chi connectivity index (χ1) is 13.0. The Balaban J connectivity index is 1.98. The highest BCUT2D eigenvalue weighted by atomic mass is 19.2. The maximum atomic E-state index is 14.1. The van der Waals surface area contributed by atoms with Crippen molar-refractivity contribution in [3.63, 3.8) is 0 Å². The van der Waals surface area contributed by atoms with Crippen molar-refractivity contribution >= 4 is 12.4 Å². The zero-order valence-electron chi connectivity index (χ0n) is 15.2. The van der Waals surface area contributed by atoms with E-state index in [0.717, 1.165) is 44.0 Å². The van der Waals surface area contributed by atoms with Crippen LogP contribution in [0.3, 0.4) is 0 Å². The number of hydrogen-bond acceptors (Lipinski definition) is 2. The molecule has 0 heterocycles. The van der Waals surface area contributed by atoms with E-state index in [9.17, 15) is 17.6 Å². The van der Waals surface area contributed by atoms with E-state index in [1.54, 1.807) is 0 Å². The molecule has 0 aliphatic rings. The molecule has 0 aliphatic carbocycles. The molecular weight excluding hydrogens is 356 g/mol. The van der Waals surface area contributed by atoms with Gasteiger partial charge in [-0.2, -0.15) is 10.2 Å². The number of halogens is 4. The van der Waals surface area contributed by atoms with E-state index in [2.05, 4.69) is 17.1 Å². The molecule has 27 heavy (non-hydrogen) atoms. The van der Waals surface area contributed by atoms with Gasteiger partial charge in [-0.25, -0.2) is 17.6 Å². The Labute approximate surface area is 156 Å². The van der Waals surface area contributed by atoms with Crippen molar-refractivity contribution < 1.29 is 17.6 Å². The molecule has 144 valence electrons. The van der Waals surface area contributed by atoms with E-state index in [1.165, 1.54) is 30.8 Å². The maximum absolute atomic E-state index is 14.1. The first-order valence-corrected chi connectivity index (χ1v) is 9.00. The van der Waals surface area contributed by atoms with Crippen LogP contribution in [-0.4, -0.2) is 12.4 Å². The molecule has 0 aromatic heterocycles. The summed E-state index contributed by atoms with van der Waals surface area (Å²) in [4.78, 5) is 0. The summed E-state index contributed by atoms with van der Waals surface area (Å²) < 4.78 is 54.1. The fraction of sp³-hybridized carbons (Fsp3) is 0.333. The molecule has 0 bridgehead atoms. The number of benzene rings is 2. The molecule has 0 spiro atoms. The summed E-state index contributed by atoms with van der Waals surface area (Å²) in [7, 11) is 0. The third kappa shape index (κ3) is 6.62. The van der Waals surface area contributed by atoms with Gasteiger partial charge in [0, 0.05) is 0 Å². The second kappa shape index (κ2) is 10.6. The standard InChI is InChI=1S/C21H22F4N2/c1-2-3-4-5-6-7-15-10-19(23)17(20(24)11-15)14-27-26-13-16-8-9-18(22)21(25)12-16/h8-14H,2-7H2,1H3/b26-13+,27-14+. The molecule has 2 aromatic carbocycles. The Morgan fingerprint density at radius 1 is 0.741 bits per heavy atom. The van der Waals surface area contributed by atoms with Gasteiger partial charge in [0.05, 0.1) is 18.0 Å². The van der Waals surface area contributed by atoms with Crippen LogP contribution in [0.5, 0.6) is 0 Å².